The van der Waals surface area contributed by atoms with Gasteiger partial charge in [-0.2, -0.15) is 0 Å². The molecule has 0 saturated carbocycles. The van der Waals surface area contributed by atoms with Crippen LogP contribution in [-0.2, 0) is 4.79 Å². The highest BCUT2D eigenvalue weighted by Crippen LogP contribution is 2.29. The molecule has 1 unspecified atom stereocenters. The molecule has 4 nitrogen and oxygen atoms in total. The lowest BCUT2D eigenvalue weighted by atomic mass is 9.87. The minimum Gasteiger partial charge on any atom is -0.313 e. The maximum atomic E-state index is 12.2. The smallest absolute Gasteiger partial charge is 0.255 e. The number of rotatable bonds is 4. The van der Waals surface area contributed by atoms with Crippen molar-refractivity contribution in [3.8, 4) is 0 Å². The number of carbonyl (C=O) groups excluding carboxylic acids is 1. The van der Waals surface area contributed by atoms with Crippen LogP contribution >= 0.6 is 0 Å². The van der Waals surface area contributed by atoms with Crippen molar-refractivity contribution < 1.29 is 10.0 Å². The Morgan fingerprint density at radius 2 is 1.76 bits per heavy atom. The van der Waals surface area contributed by atoms with Crippen LogP contribution in [0.2, 0.25) is 0 Å². The van der Waals surface area contributed by atoms with Gasteiger partial charge in [0, 0.05) is 6.54 Å². The lowest BCUT2D eigenvalue weighted by Gasteiger charge is -2.20. The van der Waals surface area contributed by atoms with Crippen molar-refractivity contribution >= 4 is 5.91 Å². The van der Waals surface area contributed by atoms with E-state index in [2.05, 4.69) is 29.6 Å². The average Bonchev–Trinajstić information content (AvgIpc) is 2.63. The Bertz CT molecular complexity index is 710. The molecule has 3 rings (SSSR count). The number of allylic oxidation sites excluding steroid dienone is 1. The lowest BCUT2D eigenvalue weighted by Crippen LogP contribution is -2.27. The zero-order valence-electron chi connectivity index (χ0n) is 14.2. The van der Waals surface area contributed by atoms with Crippen molar-refractivity contribution in [2.75, 3.05) is 13.1 Å². The Hall–Kier alpha value is -2.43. The maximum Gasteiger partial charge on any atom is 0.255 e. The highest BCUT2D eigenvalue weighted by atomic mass is 16.5. The van der Waals surface area contributed by atoms with Gasteiger partial charge in [0.15, 0.2) is 0 Å². The van der Waals surface area contributed by atoms with Gasteiger partial charge in [0.05, 0.1) is 5.92 Å². The zero-order valence-corrected chi connectivity index (χ0v) is 14.2. The third-order valence-electron chi connectivity index (χ3n) is 4.77. The van der Waals surface area contributed by atoms with Crippen molar-refractivity contribution in [3.05, 3.63) is 83.4 Å². The van der Waals surface area contributed by atoms with Crippen LogP contribution in [0.5, 0.6) is 0 Å². The molecule has 0 aliphatic carbocycles. The molecule has 1 heterocycles. The third-order valence-corrected chi connectivity index (χ3v) is 4.77. The fourth-order valence-electron chi connectivity index (χ4n) is 3.39. The zero-order chi connectivity index (χ0) is 17.5. The number of nitrogens with one attached hydrogen (secondary N) is 2. The van der Waals surface area contributed by atoms with E-state index in [1.807, 2.05) is 42.5 Å². The van der Waals surface area contributed by atoms with E-state index in [1.165, 1.54) is 5.56 Å². The molecule has 4 heteroatoms. The largest absolute Gasteiger partial charge is 0.313 e. The van der Waals surface area contributed by atoms with Gasteiger partial charge in [-0.25, -0.2) is 5.48 Å². The Labute approximate surface area is 148 Å². The normalized spacial score (nSPS) is 20.1. The molecule has 3 N–H and O–H groups in total. The second kappa shape index (κ2) is 8.60. The Kier molecular flexibility index (Phi) is 5.99. The fraction of sp³-hybridized carbons (Fsp3) is 0.286. The molecule has 2 aromatic carbocycles. The topological polar surface area (TPSA) is 61.4 Å². The van der Waals surface area contributed by atoms with Gasteiger partial charge in [0.2, 0.25) is 0 Å². The molecule has 1 aliphatic rings. The number of hydroxylamine groups is 1. The predicted octanol–water partition coefficient (Wildman–Crippen LogP) is 3.35. The summed E-state index contributed by atoms with van der Waals surface area (Å²) < 4.78 is 0. The van der Waals surface area contributed by atoms with Gasteiger partial charge in [0.1, 0.15) is 0 Å². The molecule has 0 aromatic heterocycles. The molecular formula is C21H24N2O2. The minimum atomic E-state index is -0.515. The van der Waals surface area contributed by atoms with Gasteiger partial charge >= 0.3 is 0 Å². The number of hydrogen-bond donors (Lipinski definition) is 3. The van der Waals surface area contributed by atoms with Crippen LogP contribution in [0.15, 0.2) is 66.7 Å². The first-order chi connectivity index (χ1) is 12.3. The summed E-state index contributed by atoms with van der Waals surface area (Å²) in [5, 5.41) is 12.5. The summed E-state index contributed by atoms with van der Waals surface area (Å²) in [5.74, 6) is -0.448. The molecule has 0 radical (unpaired) electrons. The van der Waals surface area contributed by atoms with Crippen molar-refractivity contribution in [3.63, 3.8) is 0 Å². The Balaban J connectivity index is 1.85. The summed E-state index contributed by atoms with van der Waals surface area (Å²) >= 11 is 0. The van der Waals surface area contributed by atoms with Gasteiger partial charge in [0.25, 0.3) is 5.91 Å². The molecule has 2 aromatic rings. The first-order valence-electron chi connectivity index (χ1n) is 8.74. The maximum absolute atomic E-state index is 12.2. The number of benzene rings is 2. The van der Waals surface area contributed by atoms with Gasteiger partial charge < -0.3 is 5.32 Å². The molecule has 1 aliphatic heterocycles. The van der Waals surface area contributed by atoms with E-state index in [4.69, 9.17) is 5.21 Å². The molecular weight excluding hydrogens is 312 g/mol. The van der Waals surface area contributed by atoms with Gasteiger partial charge in [-0.15, -0.1) is 0 Å². The van der Waals surface area contributed by atoms with Crippen molar-refractivity contribution in [2.24, 2.45) is 0 Å². The van der Waals surface area contributed by atoms with Gasteiger partial charge in [-0.1, -0.05) is 66.7 Å². The van der Waals surface area contributed by atoms with Crippen molar-refractivity contribution in [1.82, 2.24) is 10.8 Å². The Morgan fingerprint density at radius 1 is 1.04 bits per heavy atom. The predicted molar refractivity (Wildman–Crippen MR) is 98.6 cm³/mol. The number of carbonyl (C=O) groups is 1. The van der Waals surface area contributed by atoms with E-state index < -0.39 is 11.8 Å². The summed E-state index contributed by atoms with van der Waals surface area (Å²) in [7, 11) is 0. The van der Waals surface area contributed by atoms with E-state index in [0.29, 0.717) is 5.92 Å². The van der Waals surface area contributed by atoms with Crippen LogP contribution < -0.4 is 10.8 Å². The monoisotopic (exact) mass is 336 g/mol. The fourth-order valence-corrected chi connectivity index (χ4v) is 3.39. The van der Waals surface area contributed by atoms with Crippen LogP contribution in [0.25, 0.3) is 0 Å². The summed E-state index contributed by atoms with van der Waals surface area (Å²) in [6, 6.07) is 17.7. The van der Waals surface area contributed by atoms with Crippen LogP contribution in [0, 0.1) is 0 Å². The highest BCUT2D eigenvalue weighted by molar-refractivity contribution is 5.86. The van der Waals surface area contributed by atoms with Crippen molar-refractivity contribution in [1.29, 1.82) is 0 Å². The minimum absolute atomic E-state index is 0.419. The lowest BCUT2D eigenvalue weighted by molar-refractivity contribution is -0.129. The quantitative estimate of drug-likeness (QED) is 0.456. The highest BCUT2D eigenvalue weighted by Gasteiger charge is 2.22. The summed E-state index contributed by atoms with van der Waals surface area (Å²) in [6.07, 6.45) is 6.55. The molecule has 1 amide bonds. The van der Waals surface area contributed by atoms with E-state index in [1.54, 1.807) is 5.48 Å². The van der Waals surface area contributed by atoms with E-state index in [0.717, 1.165) is 37.1 Å². The SMILES string of the molecule is O=C(NO)C(c1ccccc1)c1ccc([C@H]2C/C=C\CNCC2)cc1. The Morgan fingerprint density at radius 3 is 2.48 bits per heavy atom. The molecule has 2 atom stereocenters. The molecule has 0 spiro atoms. The van der Waals surface area contributed by atoms with Crippen LogP contribution in [0.4, 0.5) is 0 Å². The van der Waals surface area contributed by atoms with E-state index in [9.17, 15) is 4.79 Å². The van der Waals surface area contributed by atoms with E-state index in [-0.39, 0.29) is 0 Å². The summed E-state index contributed by atoms with van der Waals surface area (Å²) in [4.78, 5) is 12.2. The number of amides is 1. The molecule has 0 bridgehead atoms. The van der Waals surface area contributed by atoms with Crippen LogP contribution in [-0.4, -0.2) is 24.2 Å². The van der Waals surface area contributed by atoms with Crippen LogP contribution in [0.3, 0.4) is 0 Å². The summed E-state index contributed by atoms with van der Waals surface area (Å²) in [6.45, 7) is 1.96. The molecule has 0 fully saturated rings. The third kappa shape index (κ3) is 4.35. The second-order valence-corrected chi connectivity index (χ2v) is 6.38. The van der Waals surface area contributed by atoms with Crippen molar-refractivity contribution in [2.45, 2.75) is 24.7 Å². The standard InChI is InChI=1S/C21H24N2O2/c24-21(23-25)20(18-7-2-1-3-8-18)19-11-9-17(10-12-19)16-6-4-5-14-22-15-13-16/h1-5,7-12,16,20,22,25H,6,13-15H2,(H,23,24)/b5-4-/t16-,20?/m0/s1. The first-order valence-corrected chi connectivity index (χ1v) is 8.74. The average molecular weight is 336 g/mol. The molecule has 0 saturated heterocycles. The van der Waals surface area contributed by atoms with Gasteiger partial charge in [-0.3, -0.25) is 10.0 Å². The first kappa shape index (κ1) is 17.4. The van der Waals surface area contributed by atoms with Gasteiger partial charge in [-0.05, 0) is 42.0 Å². The molecule has 130 valence electrons. The second-order valence-electron chi connectivity index (χ2n) is 6.38. The summed E-state index contributed by atoms with van der Waals surface area (Å²) in [5.41, 5.74) is 4.82. The van der Waals surface area contributed by atoms with E-state index >= 15 is 0 Å². The van der Waals surface area contributed by atoms with Crippen LogP contribution in [0.1, 0.15) is 41.4 Å². The molecule has 25 heavy (non-hydrogen) atoms. The number of hydrogen-bond acceptors (Lipinski definition) is 3.